The minimum absolute atomic E-state index is 0.0302. The normalized spacial score (nSPS) is 22.8. The van der Waals surface area contributed by atoms with Gasteiger partial charge in [-0.15, -0.1) is 0 Å². The van der Waals surface area contributed by atoms with Crippen molar-refractivity contribution >= 4 is 0 Å². The number of hydrogen-bond donors (Lipinski definition) is 0. The molecule has 1 saturated carbocycles. The Hall–Kier alpha value is -1.63. The van der Waals surface area contributed by atoms with Gasteiger partial charge in [-0.05, 0) is 37.3 Å². The van der Waals surface area contributed by atoms with E-state index >= 15 is 0 Å². The minimum atomic E-state index is -0.796. The fourth-order valence-corrected chi connectivity index (χ4v) is 2.62. The van der Waals surface area contributed by atoms with E-state index in [-0.39, 0.29) is 17.4 Å². The van der Waals surface area contributed by atoms with E-state index < -0.39 is 11.6 Å². The highest BCUT2D eigenvalue weighted by molar-refractivity contribution is 5.37. The summed E-state index contributed by atoms with van der Waals surface area (Å²) in [5.74, 6) is -1.37. The van der Waals surface area contributed by atoms with Gasteiger partial charge in [-0.25, -0.2) is 8.78 Å². The van der Waals surface area contributed by atoms with Crippen molar-refractivity contribution < 1.29 is 13.5 Å². The highest BCUT2D eigenvalue weighted by atomic mass is 19.1. The van der Waals surface area contributed by atoms with Crippen molar-refractivity contribution in [2.75, 3.05) is 0 Å². The molecule has 2 nitrogen and oxygen atoms in total. The van der Waals surface area contributed by atoms with Gasteiger partial charge in [0.2, 0.25) is 0 Å². The zero-order chi connectivity index (χ0) is 13.8. The molecule has 0 N–H and O–H groups in total. The summed E-state index contributed by atoms with van der Waals surface area (Å²) in [5, 5.41) is 8.64. The molecular formula is C15H17F2NO. The summed E-state index contributed by atoms with van der Waals surface area (Å²) in [4.78, 5) is 0. The monoisotopic (exact) mass is 265 g/mol. The largest absolute Gasteiger partial charge is 0.484 e. The number of halogens is 2. The molecule has 1 aliphatic rings. The number of rotatable bonds is 3. The van der Waals surface area contributed by atoms with Crippen molar-refractivity contribution in [3.8, 4) is 11.8 Å². The van der Waals surface area contributed by atoms with Crippen molar-refractivity contribution in [3.63, 3.8) is 0 Å². The first-order chi connectivity index (χ1) is 9.13. The molecule has 0 aromatic heterocycles. The molecule has 0 radical (unpaired) electrons. The highest BCUT2D eigenvalue weighted by Crippen LogP contribution is 2.32. The smallest absolute Gasteiger partial charge is 0.191 e. The summed E-state index contributed by atoms with van der Waals surface area (Å²) in [6.07, 6.45) is 4.80. The zero-order valence-electron chi connectivity index (χ0n) is 11.0. The van der Waals surface area contributed by atoms with Crippen LogP contribution in [-0.4, -0.2) is 6.10 Å². The van der Waals surface area contributed by atoms with Crippen LogP contribution >= 0.6 is 0 Å². The zero-order valence-corrected chi connectivity index (χ0v) is 11.0. The Morgan fingerprint density at radius 2 is 2.00 bits per heavy atom. The summed E-state index contributed by atoms with van der Waals surface area (Å²) in [5.41, 5.74) is -0.0302. The lowest BCUT2D eigenvalue weighted by atomic mass is 9.85. The van der Waals surface area contributed by atoms with Gasteiger partial charge >= 0.3 is 0 Å². The second-order valence-corrected chi connectivity index (χ2v) is 5.06. The van der Waals surface area contributed by atoms with Crippen LogP contribution < -0.4 is 4.74 Å². The van der Waals surface area contributed by atoms with Gasteiger partial charge in [0.1, 0.15) is 0 Å². The Morgan fingerprint density at radius 1 is 1.32 bits per heavy atom. The van der Waals surface area contributed by atoms with Crippen LogP contribution in [0.4, 0.5) is 8.78 Å². The van der Waals surface area contributed by atoms with Gasteiger partial charge < -0.3 is 4.74 Å². The van der Waals surface area contributed by atoms with Gasteiger partial charge in [0, 0.05) is 0 Å². The predicted molar refractivity (Wildman–Crippen MR) is 67.7 cm³/mol. The fourth-order valence-electron chi connectivity index (χ4n) is 2.62. The second-order valence-electron chi connectivity index (χ2n) is 5.06. The third-order valence-electron chi connectivity index (χ3n) is 3.72. The van der Waals surface area contributed by atoms with Crippen LogP contribution in [0.5, 0.6) is 5.75 Å². The van der Waals surface area contributed by atoms with Crippen molar-refractivity contribution in [2.24, 2.45) is 5.92 Å². The standard InChI is InChI=1S/C15H17F2NO/c1-2-10-4-3-5-12(6-10)19-15-13(16)7-11(9-18)8-14(15)17/h7-8,10,12H,2-6H2,1H3. The van der Waals surface area contributed by atoms with Crippen LogP contribution in [0.1, 0.15) is 44.6 Å². The van der Waals surface area contributed by atoms with Crippen molar-refractivity contribution in [2.45, 2.75) is 45.1 Å². The fraction of sp³-hybridized carbons (Fsp3) is 0.533. The quantitative estimate of drug-likeness (QED) is 0.821. The van der Waals surface area contributed by atoms with Crippen LogP contribution in [0, 0.1) is 28.9 Å². The molecule has 0 spiro atoms. The summed E-state index contributed by atoms with van der Waals surface area (Å²) < 4.78 is 32.9. The summed E-state index contributed by atoms with van der Waals surface area (Å²) >= 11 is 0. The van der Waals surface area contributed by atoms with Crippen LogP contribution in [0.2, 0.25) is 0 Å². The molecule has 2 rings (SSSR count). The average molecular weight is 265 g/mol. The molecule has 0 aliphatic heterocycles. The molecule has 2 atom stereocenters. The number of hydrogen-bond acceptors (Lipinski definition) is 2. The molecule has 1 aromatic rings. The first-order valence-corrected chi connectivity index (χ1v) is 6.69. The maximum atomic E-state index is 13.7. The Morgan fingerprint density at radius 3 is 2.58 bits per heavy atom. The Labute approximate surface area is 112 Å². The second kappa shape index (κ2) is 6.01. The van der Waals surface area contributed by atoms with E-state index in [2.05, 4.69) is 6.92 Å². The molecule has 1 aliphatic carbocycles. The summed E-state index contributed by atoms with van der Waals surface area (Å²) in [7, 11) is 0. The van der Waals surface area contributed by atoms with Crippen LogP contribution in [0.15, 0.2) is 12.1 Å². The maximum absolute atomic E-state index is 13.7. The first-order valence-electron chi connectivity index (χ1n) is 6.69. The molecule has 0 heterocycles. The summed E-state index contributed by atoms with van der Waals surface area (Å²) in [6.45, 7) is 2.12. The SMILES string of the molecule is CCC1CCCC(Oc2c(F)cc(C#N)cc2F)C1. The lowest BCUT2D eigenvalue weighted by Gasteiger charge is -2.29. The van der Waals surface area contributed by atoms with Gasteiger partial charge in [0.15, 0.2) is 17.4 Å². The number of nitriles is 1. The number of ether oxygens (including phenoxy) is 1. The average Bonchev–Trinajstić information content (AvgIpc) is 2.42. The van der Waals surface area contributed by atoms with Gasteiger partial charge in [-0.2, -0.15) is 5.26 Å². The molecule has 0 amide bonds. The van der Waals surface area contributed by atoms with E-state index in [9.17, 15) is 8.78 Å². The summed E-state index contributed by atoms with van der Waals surface area (Å²) in [6, 6.07) is 3.74. The van der Waals surface area contributed by atoms with Gasteiger partial charge in [0.05, 0.1) is 17.7 Å². The van der Waals surface area contributed by atoms with Crippen molar-refractivity contribution in [3.05, 3.63) is 29.3 Å². The van der Waals surface area contributed by atoms with Crippen LogP contribution in [0.3, 0.4) is 0 Å². The Bertz CT molecular complexity index is 472. The topological polar surface area (TPSA) is 33.0 Å². The molecule has 19 heavy (non-hydrogen) atoms. The Balaban J connectivity index is 2.13. The molecule has 0 saturated heterocycles. The Kier molecular flexibility index (Phi) is 4.36. The minimum Gasteiger partial charge on any atom is -0.484 e. The predicted octanol–water partition coefficient (Wildman–Crippen LogP) is 4.18. The van der Waals surface area contributed by atoms with Gasteiger partial charge in [-0.3, -0.25) is 0 Å². The third-order valence-corrected chi connectivity index (χ3v) is 3.72. The molecular weight excluding hydrogens is 248 g/mol. The molecule has 2 unspecified atom stereocenters. The first kappa shape index (κ1) is 13.8. The lowest BCUT2D eigenvalue weighted by Crippen LogP contribution is -2.25. The highest BCUT2D eigenvalue weighted by Gasteiger charge is 2.24. The van der Waals surface area contributed by atoms with Crippen molar-refractivity contribution in [1.82, 2.24) is 0 Å². The molecule has 1 fully saturated rings. The van der Waals surface area contributed by atoms with E-state index in [1.54, 1.807) is 6.07 Å². The maximum Gasteiger partial charge on any atom is 0.191 e. The third kappa shape index (κ3) is 3.23. The van der Waals surface area contributed by atoms with Gasteiger partial charge in [0.25, 0.3) is 0 Å². The molecule has 102 valence electrons. The van der Waals surface area contributed by atoms with E-state index in [0.29, 0.717) is 5.92 Å². The molecule has 1 aromatic carbocycles. The molecule has 4 heteroatoms. The van der Waals surface area contributed by atoms with Crippen LogP contribution in [-0.2, 0) is 0 Å². The van der Waals surface area contributed by atoms with E-state index in [0.717, 1.165) is 44.2 Å². The lowest BCUT2D eigenvalue weighted by molar-refractivity contribution is 0.112. The van der Waals surface area contributed by atoms with Crippen LogP contribution in [0.25, 0.3) is 0 Å². The van der Waals surface area contributed by atoms with Gasteiger partial charge in [-0.1, -0.05) is 19.8 Å². The number of benzene rings is 1. The van der Waals surface area contributed by atoms with Crippen molar-refractivity contribution in [1.29, 1.82) is 5.26 Å². The van der Waals surface area contributed by atoms with E-state index in [1.807, 2.05) is 0 Å². The van der Waals surface area contributed by atoms with E-state index in [1.165, 1.54) is 0 Å². The molecule has 0 bridgehead atoms. The number of nitrogens with zero attached hydrogens (tertiary/aromatic N) is 1. The van der Waals surface area contributed by atoms with E-state index in [4.69, 9.17) is 10.00 Å².